The standard InChI is InChI=1S/C14H17NO/c1-11-5-3-4-6-14(11)12(2)15-9-13-7-8-16-10-13/h3-8,10,12,15H,9H2,1-2H3/t12-/m1/s1. The van der Waals surface area contributed by atoms with Crippen molar-refractivity contribution >= 4 is 0 Å². The molecule has 2 rings (SSSR count). The minimum atomic E-state index is 0.357. The Balaban J connectivity index is 1.98. The zero-order valence-corrected chi connectivity index (χ0v) is 9.73. The molecule has 0 fully saturated rings. The number of aryl methyl sites for hydroxylation is 1. The van der Waals surface area contributed by atoms with E-state index < -0.39 is 0 Å². The van der Waals surface area contributed by atoms with Gasteiger partial charge in [-0.3, -0.25) is 0 Å². The molecule has 2 nitrogen and oxygen atoms in total. The van der Waals surface area contributed by atoms with E-state index in [1.807, 2.05) is 6.07 Å². The first-order valence-electron chi connectivity index (χ1n) is 5.57. The lowest BCUT2D eigenvalue weighted by Gasteiger charge is -2.15. The van der Waals surface area contributed by atoms with Crippen molar-refractivity contribution in [2.45, 2.75) is 26.4 Å². The van der Waals surface area contributed by atoms with Gasteiger partial charge in [-0.25, -0.2) is 0 Å². The number of hydrogen-bond acceptors (Lipinski definition) is 2. The van der Waals surface area contributed by atoms with E-state index >= 15 is 0 Å². The average molecular weight is 215 g/mol. The van der Waals surface area contributed by atoms with Gasteiger partial charge in [0.1, 0.15) is 0 Å². The van der Waals surface area contributed by atoms with Crippen LogP contribution in [0, 0.1) is 6.92 Å². The zero-order valence-electron chi connectivity index (χ0n) is 9.73. The molecule has 0 aliphatic rings. The Morgan fingerprint density at radius 2 is 2.06 bits per heavy atom. The molecule has 0 saturated carbocycles. The second kappa shape index (κ2) is 4.99. The smallest absolute Gasteiger partial charge is 0.0947 e. The van der Waals surface area contributed by atoms with Crippen LogP contribution in [-0.4, -0.2) is 0 Å². The Hall–Kier alpha value is -1.54. The molecule has 0 unspecified atom stereocenters. The molecule has 16 heavy (non-hydrogen) atoms. The first-order valence-corrected chi connectivity index (χ1v) is 5.57. The van der Waals surface area contributed by atoms with Gasteiger partial charge in [0.2, 0.25) is 0 Å². The molecule has 0 amide bonds. The van der Waals surface area contributed by atoms with Crippen molar-refractivity contribution in [1.82, 2.24) is 5.32 Å². The molecule has 0 aliphatic heterocycles. The predicted molar refractivity (Wildman–Crippen MR) is 65.1 cm³/mol. The normalized spacial score (nSPS) is 12.6. The maximum Gasteiger partial charge on any atom is 0.0947 e. The molecule has 1 aromatic heterocycles. The number of rotatable bonds is 4. The van der Waals surface area contributed by atoms with Crippen molar-refractivity contribution in [1.29, 1.82) is 0 Å². The zero-order chi connectivity index (χ0) is 11.4. The summed E-state index contributed by atoms with van der Waals surface area (Å²) in [6.45, 7) is 5.17. The molecule has 84 valence electrons. The third-order valence-electron chi connectivity index (χ3n) is 2.85. The lowest BCUT2D eigenvalue weighted by atomic mass is 10.0. The van der Waals surface area contributed by atoms with E-state index in [1.54, 1.807) is 12.5 Å². The molecule has 0 radical (unpaired) electrons. The average Bonchev–Trinajstić information content (AvgIpc) is 2.79. The Kier molecular flexibility index (Phi) is 3.42. The summed E-state index contributed by atoms with van der Waals surface area (Å²) in [6.07, 6.45) is 3.48. The number of furan rings is 1. The fraction of sp³-hybridized carbons (Fsp3) is 0.286. The highest BCUT2D eigenvalue weighted by molar-refractivity contribution is 5.28. The van der Waals surface area contributed by atoms with E-state index in [2.05, 4.69) is 43.4 Å². The van der Waals surface area contributed by atoms with Crippen molar-refractivity contribution in [3.63, 3.8) is 0 Å². The molecule has 1 aromatic carbocycles. The van der Waals surface area contributed by atoms with Gasteiger partial charge in [-0.1, -0.05) is 24.3 Å². The molecule has 0 spiro atoms. The van der Waals surface area contributed by atoms with Crippen LogP contribution in [0.15, 0.2) is 47.3 Å². The number of nitrogens with one attached hydrogen (secondary N) is 1. The van der Waals surface area contributed by atoms with Crippen molar-refractivity contribution in [3.05, 3.63) is 59.5 Å². The monoisotopic (exact) mass is 215 g/mol. The van der Waals surface area contributed by atoms with Crippen LogP contribution in [0.2, 0.25) is 0 Å². The predicted octanol–water partition coefficient (Wildman–Crippen LogP) is 3.44. The maximum absolute atomic E-state index is 5.04. The topological polar surface area (TPSA) is 25.2 Å². The summed E-state index contributed by atoms with van der Waals surface area (Å²) in [6, 6.07) is 10.8. The molecule has 1 atom stereocenters. The summed E-state index contributed by atoms with van der Waals surface area (Å²) < 4.78 is 5.04. The van der Waals surface area contributed by atoms with Gasteiger partial charge in [0, 0.05) is 18.2 Å². The fourth-order valence-electron chi connectivity index (χ4n) is 1.85. The van der Waals surface area contributed by atoms with Crippen molar-refractivity contribution in [2.75, 3.05) is 0 Å². The van der Waals surface area contributed by atoms with E-state index in [9.17, 15) is 0 Å². The van der Waals surface area contributed by atoms with Crippen LogP contribution in [0.5, 0.6) is 0 Å². The van der Waals surface area contributed by atoms with Crippen LogP contribution in [-0.2, 0) is 6.54 Å². The number of benzene rings is 1. The van der Waals surface area contributed by atoms with Crippen LogP contribution >= 0.6 is 0 Å². The van der Waals surface area contributed by atoms with Gasteiger partial charge in [0.25, 0.3) is 0 Å². The number of hydrogen-bond donors (Lipinski definition) is 1. The van der Waals surface area contributed by atoms with Crippen molar-refractivity contribution in [3.8, 4) is 0 Å². The third-order valence-corrected chi connectivity index (χ3v) is 2.85. The van der Waals surface area contributed by atoms with Gasteiger partial charge in [0.15, 0.2) is 0 Å². The van der Waals surface area contributed by atoms with E-state index in [4.69, 9.17) is 4.42 Å². The summed E-state index contributed by atoms with van der Waals surface area (Å²) in [7, 11) is 0. The lowest BCUT2D eigenvalue weighted by molar-refractivity contribution is 0.546. The Morgan fingerprint density at radius 1 is 1.25 bits per heavy atom. The Labute approximate surface area is 96.3 Å². The summed E-state index contributed by atoms with van der Waals surface area (Å²) in [5.74, 6) is 0. The van der Waals surface area contributed by atoms with E-state index in [1.165, 1.54) is 16.7 Å². The molecule has 0 saturated heterocycles. The van der Waals surface area contributed by atoms with Gasteiger partial charge in [0.05, 0.1) is 12.5 Å². The fourth-order valence-corrected chi connectivity index (χ4v) is 1.85. The largest absolute Gasteiger partial charge is 0.472 e. The third kappa shape index (κ3) is 2.52. The molecular weight excluding hydrogens is 198 g/mol. The molecule has 0 bridgehead atoms. The van der Waals surface area contributed by atoms with Crippen molar-refractivity contribution in [2.24, 2.45) is 0 Å². The minimum Gasteiger partial charge on any atom is -0.472 e. The lowest BCUT2D eigenvalue weighted by Crippen LogP contribution is -2.18. The van der Waals surface area contributed by atoms with E-state index in [-0.39, 0.29) is 0 Å². The van der Waals surface area contributed by atoms with Crippen LogP contribution in [0.4, 0.5) is 0 Å². The van der Waals surface area contributed by atoms with Crippen LogP contribution < -0.4 is 5.32 Å². The summed E-state index contributed by atoms with van der Waals surface area (Å²) >= 11 is 0. The Morgan fingerprint density at radius 3 is 2.75 bits per heavy atom. The molecule has 2 aromatic rings. The summed E-state index contributed by atoms with van der Waals surface area (Å²) in [4.78, 5) is 0. The van der Waals surface area contributed by atoms with E-state index in [0.717, 1.165) is 6.54 Å². The molecular formula is C14H17NO. The molecule has 2 heteroatoms. The first-order chi connectivity index (χ1) is 7.77. The van der Waals surface area contributed by atoms with Crippen LogP contribution in [0.3, 0.4) is 0 Å². The summed E-state index contributed by atoms with van der Waals surface area (Å²) in [5.41, 5.74) is 3.86. The van der Waals surface area contributed by atoms with Crippen LogP contribution in [0.25, 0.3) is 0 Å². The maximum atomic E-state index is 5.04. The molecule has 1 heterocycles. The van der Waals surface area contributed by atoms with Gasteiger partial charge < -0.3 is 9.73 Å². The van der Waals surface area contributed by atoms with Crippen molar-refractivity contribution < 1.29 is 4.42 Å². The first kappa shape index (κ1) is 11.0. The molecule has 1 N–H and O–H groups in total. The van der Waals surface area contributed by atoms with E-state index in [0.29, 0.717) is 6.04 Å². The second-order valence-electron chi connectivity index (χ2n) is 4.09. The second-order valence-corrected chi connectivity index (χ2v) is 4.09. The Bertz CT molecular complexity index is 434. The highest BCUT2D eigenvalue weighted by atomic mass is 16.3. The van der Waals surface area contributed by atoms with Gasteiger partial charge in [-0.2, -0.15) is 0 Å². The SMILES string of the molecule is Cc1ccccc1[C@@H](C)NCc1ccoc1. The summed E-state index contributed by atoms with van der Waals surface area (Å²) in [5, 5.41) is 3.48. The van der Waals surface area contributed by atoms with Gasteiger partial charge in [-0.05, 0) is 31.0 Å². The molecule has 0 aliphatic carbocycles. The van der Waals surface area contributed by atoms with Crippen LogP contribution in [0.1, 0.15) is 29.7 Å². The van der Waals surface area contributed by atoms with Gasteiger partial charge in [-0.15, -0.1) is 0 Å². The quantitative estimate of drug-likeness (QED) is 0.845. The minimum absolute atomic E-state index is 0.357. The highest BCUT2D eigenvalue weighted by Crippen LogP contribution is 2.17. The highest BCUT2D eigenvalue weighted by Gasteiger charge is 2.06. The van der Waals surface area contributed by atoms with Gasteiger partial charge >= 0.3 is 0 Å².